The molecule has 3 aromatic rings. The lowest BCUT2D eigenvalue weighted by Crippen LogP contribution is -2.24. The Bertz CT molecular complexity index is 1110. The van der Waals surface area contributed by atoms with Crippen molar-refractivity contribution in [2.45, 2.75) is 25.3 Å². The Hall–Kier alpha value is -2.91. The van der Waals surface area contributed by atoms with Crippen LogP contribution < -0.4 is 14.2 Å². The summed E-state index contributed by atoms with van der Waals surface area (Å²) in [5.41, 5.74) is 2.73. The lowest BCUT2D eigenvalue weighted by atomic mass is 10.2. The molecule has 1 aromatic heterocycles. The van der Waals surface area contributed by atoms with Crippen molar-refractivity contribution in [2.24, 2.45) is 0 Å². The van der Waals surface area contributed by atoms with Gasteiger partial charge in [0.2, 0.25) is 10.0 Å². The Morgan fingerprint density at radius 3 is 2.61 bits per heavy atom. The molecule has 0 fully saturated rings. The molecule has 0 aliphatic carbocycles. The summed E-state index contributed by atoms with van der Waals surface area (Å²) in [6.45, 7) is 4.47. The van der Waals surface area contributed by atoms with Gasteiger partial charge < -0.3 is 9.47 Å². The summed E-state index contributed by atoms with van der Waals surface area (Å²) in [6.07, 6.45) is 0. The molecule has 1 N–H and O–H groups in total. The first kappa shape index (κ1) is 18.5. The van der Waals surface area contributed by atoms with Crippen LogP contribution in [0.5, 0.6) is 11.5 Å². The van der Waals surface area contributed by atoms with Crippen LogP contribution in [0, 0.1) is 13.8 Å². The molecule has 1 aliphatic heterocycles. The van der Waals surface area contributed by atoms with Crippen LogP contribution in [0.25, 0.3) is 5.69 Å². The van der Waals surface area contributed by atoms with Crippen LogP contribution in [0.2, 0.25) is 0 Å². The second kappa shape index (κ2) is 7.25. The number of sulfonamides is 1. The van der Waals surface area contributed by atoms with Crippen molar-refractivity contribution in [3.8, 4) is 17.2 Å². The molecule has 4 rings (SSSR count). The van der Waals surface area contributed by atoms with Crippen molar-refractivity contribution in [3.05, 3.63) is 59.4 Å². The van der Waals surface area contributed by atoms with Crippen molar-refractivity contribution in [3.63, 3.8) is 0 Å². The number of aryl methyl sites for hydroxylation is 2. The molecule has 0 amide bonds. The van der Waals surface area contributed by atoms with Crippen LogP contribution in [0.1, 0.15) is 17.0 Å². The minimum atomic E-state index is -3.75. The molecule has 0 saturated carbocycles. The largest absolute Gasteiger partial charge is 0.486 e. The zero-order valence-electron chi connectivity index (χ0n) is 15.5. The summed E-state index contributed by atoms with van der Waals surface area (Å²) in [5.74, 6) is 1.03. The van der Waals surface area contributed by atoms with Crippen molar-refractivity contribution >= 4 is 10.0 Å². The molecule has 0 spiro atoms. The monoisotopic (exact) mass is 400 g/mol. The van der Waals surface area contributed by atoms with E-state index in [4.69, 9.17) is 9.47 Å². The number of ether oxygens (including phenoxy) is 2. The fraction of sp³-hybridized carbons (Fsp3) is 0.263. The molecule has 0 bridgehead atoms. The van der Waals surface area contributed by atoms with Gasteiger partial charge in [-0.1, -0.05) is 18.2 Å². The maximum Gasteiger partial charge on any atom is 0.241 e. The quantitative estimate of drug-likeness (QED) is 0.705. The zero-order chi connectivity index (χ0) is 19.7. The Balaban J connectivity index is 1.55. The highest BCUT2D eigenvalue weighted by Gasteiger charge is 2.22. The number of fused-ring (bicyclic) bond motifs is 1. The summed E-state index contributed by atoms with van der Waals surface area (Å²) in [4.78, 5) is 1.62. The van der Waals surface area contributed by atoms with Crippen LogP contribution in [0.4, 0.5) is 0 Å². The summed E-state index contributed by atoms with van der Waals surface area (Å²) in [7, 11) is -3.75. The number of rotatable bonds is 5. The first-order chi connectivity index (χ1) is 13.4. The van der Waals surface area contributed by atoms with Gasteiger partial charge in [-0.2, -0.15) is 15.0 Å². The highest BCUT2D eigenvalue weighted by atomic mass is 32.2. The van der Waals surface area contributed by atoms with E-state index in [0.717, 1.165) is 5.69 Å². The van der Waals surface area contributed by atoms with Crippen LogP contribution in [-0.4, -0.2) is 36.6 Å². The van der Waals surface area contributed by atoms with Crippen LogP contribution in [0.3, 0.4) is 0 Å². The van der Waals surface area contributed by atoms with Gasteiger partial charge in [0.25, 0.3) is 0 Å². The van der Waals surface area contributed by atoms with Crippen LogP contribution >= 0.6 is 0 Å². The lowest BCUT2D eigenvalue weighted by Gasteiger charge is -2.21. The fourth-order valence-electron chi connectivity index (χ4n) is 2.95. The van der Waals surface area contributed by atoms with Gasteiger partial charge in [0, 0.05) is 6.07 Å². The number of nitrogens with zero attached hydrogens (tertiary/aromatic N) is 3. The van der Waals surface area contributed by atoms with E-state index in [2.05, 4.69) is 14.9 Å². The third-order valence-electron chi connectivity index (χ3n) is 4.41. The molecule has 2 aromatic carbocycles. The third-order valence-corrected chi connectivity index (χ3v) is 5.79. The van der Waals surface area contributed by atoms with E-state index in [1.54, 1.807) is 19.9 Å². The van der Waals surface area contributed by atoms with Crippen LogP contribution in [-0.2, 0) is 16.6 Å². The van der Waals surface area contributed by atoms with E-state index in [-0.39, 0.29) is 11.4 Å². The summed E-state index contributed by atoms with van der Waals surface area (Å²) in [5, 5.41) is 8.76. The average molecular weight is 400 g/mol. The van der Waals surface area contributed by atoms with Crippen molar-refractivity contribution in [2.75, 3.05) is 13.2 Å². The Labute approximate surface area is 163 Å². The minimum absolute atomic E-state index is 0.0362. The molecule has 0 radical (unpaired) electrons. The van der Waals surface area contributed by atoms with E-state index in [0.29, 0.717) is 41.7 Å². The molecule has 1 aliphatic rings. The maximum atomic E-state index is 12.8. The maximum absolute atomic E-state index is 12.8. The molecule has 0 unspecified atom stereocenters. The van der Waals surface area contributed by atoms with E-state index in [9.17, 15) is 8.42 Å². The lowest BCUT2D eigenvalue weighted by molar-refractivity contribution is 0.170. The topological polar surface area (TPSA) is 95.3 Å². The van der Waals surface area contributed by atoms with Gasteiger partial charge in [-0.25, -0.2) is 13.1 Å². The number of benzene rings is 2. The fourth-order valence-corrected chi connectivity index (χ4v) is 4.04. The van der Waals surface area contributed by atoms with Crippen molar-refractivity contribution in [1.82, 2.24) is 19.7 Å². The Morgan fingerprint density at radius 2 is 1.82 bits per heavy atom. The first-order valence-corrected chi connectivity index (χ1v) is 10.3. The van der Waals surface area contributed by atoms with E-state index in [1.165, 1.54) is 10.9 Å². The smallest absolute Gasteiger partial charge is 0.241 e. The number of aromatic nitrogens is 3. The van der Waals surface area contributed by atoms with Crippen molar-refractivity contribution in [1.29, 1.82) is 0 Å². The van der Waals surface area contributed by atoms with E-state index < -0.39 is 10.0 Å². The molecule has 2 heterocycles. The van der Waals surface area contributed by atoms with Gasteiger partial charge >= 0.3 is 0 Å². The first-order valence-electron chi connectivity index (χ1n) is 8.82. The number of para-hydroxylation sites is 1. The van der Waals surface area contributed by atoms with Crippen molar-refractivity contribution < 1.29 is 17.9 Å². The van der Waals surface area contributed by atoms with Gasteiger partial charge in [0.05, 0.1) is 22.8 Å². The van der Waals surface area contributed by atoms with Crippen LogP contribution in [0.15, 0.2) is 47.4 Å². The Kier molecular flexibility index (Phi) is 4.78. The number of nitrogens with one attached hydrogen (secondary N) is 1. The minimum Gasteiger partial charge on any atom is -0.486 e. The number of hydrogen-bond donors (Lipinski definition) is 1. The molecule has 28 heavy (non-hydrogen) atoms. The highest BCUT2D eigenvalue weighted by molar-refractivity contribution is 7.89. The van der Waals surface area contributed by atoms with Gasteiger partial charge in [-0.05, 0) is 37.6 Å². The molecular formula is C19H20N4O4S. The molecule has 9 heteroatoms. The van der Waals surface area contributed by atoms with E-state index in [1.807, 2.05) is 30.3 Å². The SMILES string of the molecule is Cc1cc(S(=O)(=O)NCc2nn(-c3ccccc3)nc2C)cc2c1OCCO2. The normalized spacial score (nSPS) is 13.5. The van der Waals surface area contributed by atoms with Gasteiger partial charge in [0.15, 0.2) is 11.5 Å². The summed E-state index contributed by atoms with van der Waals surface area (Å²) < 4.78 is 39.2. The second-order valence-electron chi connectivity index (χ2n) is 6.45. The standard InChI is InChI=1S/C19H20N4O4S/c1-13-10-16(11-18-19(13)27-9-8-26-18)28(24,25)20-12-17-14(2)21-23(22-17)15-6-4-3-5-7-15/h3-7,10-11,20H,8-9,12H2,1-2H3. The third kappa shape index (κ3) is 3.58. The molecular weight excluding hydrogens is 380 g/mol. The zero-order valence-corrected chi connectivity index (χ0v) is 16.4. The summed E-state index contributed by atoms with van der Waals surface area (Å²) >= 11 is 0. The molecule has 146 valence electrons. The van der Waals surface area contributed by atoms with Gasteiger partial charge in [-0.3, -0.25) is 0 Å². The van der Waals surface area contributed by atoms with E-state index >= 15 is 0 Å². The predicted molar refractivity (Wildman–Crippen MR) is 102 cm³/mol. The van der Waals surface area contributed by atoms with Gasteiger partial charge in [0.1, 0.15) is 18.9 Å². The number of hydrogen-bond acceptors (Lipinski definition) is 6. The molecule has 0 saturated heterocycles. The predicted octanol–water partition coefficient (Wildman–Crippen LogP) is 2.13. The van der Waals surface area contributed by atoms with Gasteiger partial charge in [-0.15, -0.1) is 0 Å². The molecule has 0 atom stereocenters. The average Bonchev–Trinajstić information content (AvgIpc) is 3.08. The highest BCUT2D eigenvalue weighted by Crippen LogP contribution is 2.36. The second-order valence-corrected chi connectivity index (χ2v) is 8.21. The Morgan fingerprint density at radius 1 is 1.07 bits per heavy atom. The summed E-state index contributed by atoms with van der Waals surface area (Å²) in [6, 6.07) is 12.5. The molecule has 8 nitrogen and oxygen atoms in total.